The second-order valence-corrected chi connectivity index (χ2v) is 6.60. The zero-order chi connectivity index (χ0) is 19.2. The van der Waals surface area contributed by atoms with Gasteiger partial charge in [-0.15, -0.1) is 0 Å². The molecule has 1 fully saturated rings. The molecular formula is C21H24FNO4. The van der Waals surface area contributed by atoms with Gasteiger partial charge in [-0.05, 0) is 54.8 Å². The van der Waals surface area contributed by atoms with Crippen LogP contribution in [-0.2, 0) is 11.3 Å². The van der Waals surface area contributed by atoms with E-state index in [1.54, 1.807) is 48.3 Å². The van der Waals surface area contributed by atoms with Crippen LogP contribution in [0.4, 0.5) is 4.39 Å². The van der Waals surface area contributed by atoms with E-state index < -0.39 is 5.82 Å². The third kappa shape index (κ3) is 4.98. The van der Waals surface area contributed by atoms with Crippen molar-refractivity contribution < 1.29 is 23.4 Å². The maximum absolute atomic E-state index is 13.8. The zero-order valence-corrected chi connectivity index (χ0v) is 15.6. The Bertz CT molecular complexity index is 772. The highest BCUT2D eigenvalue weighted by Crippen LogP contribution is 2.20. The summed E-state index contributed by atoms with van der Waals surface area (Å²) in [4.78, 5) is 14.1. The highest BCUT2D eigenvalue weighted by Gasteiger charge is 2.17. The van der Waals surface area contributed by atoms with Crippen molar-refractivity contribution >= 4 is 5.91 Å². The molecule has 0 aromatic heterocycles. The van der Waals surface area contributed by atoms with E-state index in [0.717, 1.165) is 19.4 Å². The molecule has 3 rings (SSSR count). The first-order valence-corrected chi connectivity index (χ1v) is 8.99. The second-order valence-electron chi connectivity index (χ2n) is 6.60. The van der Waals surface area contributed by atoms with E-state index in [1.807, 2.05) is 0 Å². The Labute approximate surface area is 158 Å². The Balaban J connectivity index is 1.56. The van der Waals surface area contributed by atoms with Crippen LogP contribution in [0, 0.1) is 5.82 Å². The molecule has 1 saturated heterocycles. The van der Waals surface area contributed by atoms with Gasteiger partial charge in [0.15, 0.2) is 11.6 Å². The lowest BCUT2D eigenvalue weighted by Gasteiger charge is -2.18. The monoisotopic (exact) mass is 373 g/mol. The van der Waals surface area contributed by atoms with Crippen LogP contribution >= 0.6 is 0 Å². The number of benzene rings is 2. The molecule has 5 nitrogen and oxygen atoms in total. The highest BCUT2D eigenvalue weighted by atomic mass is 19.1. The van der Waals surface area contributed by atoms with Crippen molar-refractivity contribution in [2.75, 3.05) is 27.4 Å². The summed E-state index contributed by atoms with van der Waals surface area (Å²) in [5, 5.41) is 0. The van der Waals surface area contributed by atoms with Crippen LogP contribution in [0.3, 0.4) is 0 Å². The lowest BCUT2D eigenvalue weighted by Crippen LogP contribution is -2.26. The summed E-state index contributed by atoms with van der Waals surface area (Å²) in [7, 11) is 3.11. The SMILES string of the molecule is COc1ccc(CN(C)C(=O)c2ccc(OC[C@@H]3CCCO3)cc2)cc1F. The normalized spacial score (nSPS) is 16.2. The standard InChI is InChI=1S/C21H24FNO4/c1-23(13-15-5-10-20(25-2)19(22)12-15)21(24)16-6-8-17(9-7-16)27-14-18-4-3-11-26-18/h5-10,12,18H,3-4,11,13-14H2,1-2H3/t18-/m0/s1. The molecule has 2 aromatic rings. The Morgan fingerprint density at radius 3 is 2.67 bits per heavy atom. The second kappa shape index (κ2) is 8.86. The Morgan fingerprint density at radius 1 is 1.26 bits per heavy atom. The van der Waals surface area contributed by atoms with Crippen LogP contribution in [0.5, 0.6) is 11.5 Å². The molecule has 0 aliphatic carbocycles. The fourth-order valence-electron chi connectivity index (χ4n) is 3.03. The zero-order valence-electron chi connectivity index (χ0n) is 15.6. The molecule has 1 atom stereocenters. The van der Waals surface area contributed by atoms with Gasteiger partial charge in [-0.1, -0.05) is 6.07 Å². The molecule has 0 saturated carbocycles. The molecule has 1 aliphatic heterocycles. The van der Waals surface area contributed by atoms with Crippen LogP contribution in [0.2, 0.25) is 0 Å². The number of carbonyl (C=O) groups is 1. The number of nitrogens with zero attached hydrogens (tertiary/aromatic N) is 1. The van der Waals surface area contributed by atoms with Crippen LogP contribution in [0.1, 0.15) is 28.8 Å². The molecule has 6 heteroatoms. The van der Waals surface area contributed by atoms with Gasteiger partial charge in [0.25, 0.3) is 5.91 Å². The van der Waals surface area contributed by atoms with Crippen molar-refractivity contribution in [3.05, 3.63) is 59.4 Å². The van der Waals surface area contributed by atoms with Gasteiger partial charge in [0.05, 0.1) is 13.2 Å². The van der Waals surface area contributed by atoms with Crippen molar-refractivity contribution in [1.82, 2.24) is 4.90 Å². The predicted octanol–water partition coefficient (Wildman–Crippen LogP) is 3.66. The Hall–Kier alpha value is -2.60. The average Bonchev–Trinajstić information content (AvgIpc) is 3.20. The van der Waals surface area contributed by atoms with E-state index in [1.165, 1.54) is 13.2 Å². The lowest BCUT2D eigenvalue weighted by atomic mass is 10.1. The van der Waals surface area contributed by atoms with Crippen molar-refractivity contribution in [3.8, 4) is 11.5 Å². The lowest BCUT2D eigenvalue weighted by molar-refractivity contribution is 0.0679. The number of halogens is 1. The van der Waals surface area contributed by atoms with Gasteiger partial charge in [-0.3, -0.25) is 4.79 Å². The van der Waals surface area contributed by atoms with Crippen LogP contribution < -0.4 is 9.47 Å². The molecule has 2 aromatic carbocycles. The van der Waals surface area contributed by atoms with Gasteiger partial charge < -0.3 is 19.1 Å². The predicted molar refractivity (Wildman–Crippen MR) is 99.7 cm³/mol. The first-order chi connectivity index (χ1) is 13.1. The number of hydrogen-bond donors (Lipinski definition) is 0. The fourth-order valence-corrected chi connectivity index (χ4v) is 3.03. The van der Waals surface area contributed by atoms with Crippen molar-refractivity contribution in [1.29, 1.82) is 0 Å². The molecule has 0 bridgehead atoms. The van der Waals surface area contributed by atoms with E-state index in [0.29, 0.717) is 30.0 Å². The maximum atomic E-state index is 13.8. The Kier molecular flexibility index (Phi) is 6.29. The molecular weight excluding hydrogens is 349 g/mol. The van der Waals surface area contributed by atoms with Crippen LogP contribution in [0.25, 0.3) is 0 Å². The minimum Gasteiger partial charge on any atom is -0.494 e. The minimum absolute atomic E-state index is 0.142. The van der Waals surface area contributed by atoms with Gasteiger partial charge >= 0.3 is 0 Å². The fraction of sp³-hybridized carbons (Fsp3) is 0.381. The first-order valence-electron chi connectivity index (χ1n) is 8.99. The number of carbonyl (C=O) groups excluding carboxylic acids is 1. The summed E-state index contributed by atoms with van der Waals surface area (Å²) < 4.78 is 30.0. The summed E-state index contributed by atoms with van der Waals surface area (Å²) in [6, 6.07) is 11.7. The third-order valence-electron chi connectivity index (χ3n) is 4.54. The summed E-state index contributed by atoms with van der Waals surface area (Å²) in [6.07, 6.45) is 2.25. The number of hydrogen-bond acceptors (Lipinski definition) is 4. The smallest absolute Gasteiger partial charge is 0.253 e. The molecule has 0 N–H and O–H groups in total. The topological polar surface area (TPSA) is 48.0 Å². The van der Waals surface area contributed by atoms with E-state index in [9.17, 15) is 9.18 Å². The molecule has 1 heterocycles. The Morgan fingerprint density at radius 2 is 2.04 bits per heavy atom. The quantitative estimate of drug-likeness (QED) is 0.743. The molecule has 0 radical (unpaired) electrons. The maximum Gasteiger partial charge on any atom is 0.253 e. The van der Waals surface area contributed by atoms with E-state index >= 15 is 0 Å². The minimum atomic E-state index is -0.441. The number of ether oxygens (including phenoxy) is 3. The van der Waals surface area contributed by atoms with Crippen LogP contribution in [-0.4, -0.2) is 44.3 Å². The van der Waals surface area contributed by atoms with Gasteiger partial charge in [0.2, 0.25) is 0 Å². The van der Waals surface area contributed by atoms with Gasteiger partial charge in [0, 0.05) is 25.8 Å². The number of rotatable bonds is 7. The number of amides is 1. The van der Waals surface area contributed by atoms with E-state index in [4.69, 9.17) is 14.2 Å². The van der Waals surface area contributed by atoms with Crippen molar-refractivity contribution in [2.24, 2.45) is 0 Å². The van der Waals surface area contributed by atoms with E-state index in [2.05, 4.69) is 0 Å². The van der Waals surface area contributed by atoms with Gasteiger partial charge in [0.1, 0.15) is 12.4 Å². The molecule has 27 heavy (non-hydrogen) atoms. The summed E-state index contributed by atoms with van der Waals surface area (Å²) >= 11 is 0. The molecule has 1 aliphatic rings. The molecule has 1 amide bonds. The summed E-state index contributed by atoms with van der Waals surface area (Å²) in [5.41, 5.74) is 1.25. The number of methoxy groups -OCH3 is 1. The van der Waals surface area contributed by atoms with Crippen molar-refractivity contribution in [3.63, 3.8) is 0 Å². The summed E-state index contributed by atoms with van der Waals surface area (Å²) in [6.45, 7) is 1.62. The third-order valence-corrected chi connectivity index (χ3v) is 4.54. The van der Waals surface area contributed by atoms with E-state index in [-0.39, 0.29) is 17.8 Å². The van der Waals surface area contributed by atoms with Crippen molar-refractivity contribution in [2.45, 2.75) is 25.5 Å². The van der Waals surface area contributed by atoms with Gasteiger partial charge in [-0.2, -0.15) is 0 Å². The summed E-state index contributed by atoms with van der Waals surface area (Å²) in [5.74, 6) is 0.314. The average molecular weight is 373 g/mol. The highest BCUT2D eigenvalue weighted by molar-refractivity contribution is 5.94. The largest absolute Gasteiger partial charge is 0.494 e. The molecule has 0 unspecified atom stereocenters. The molecule has 0 spiro atoms. The van der Waals surface area contributed by atoms with Crippen LogP contribution in [0.15, 0.2) is 42.5 Å². The first kappa shape index (κ1) is 19.2. The van der Waals surface area contributed by atoms with Gasteiger partial charge in [-0.25, -0.2) is 4.39 Å². The molecule has 144 valence electrons.